The molecule has 2 atom stereocenters. The molecule has 0 bridgehead atoms. The van der Waals surface area contributed by atoms with Crippen molar-refractivity contribution in [2.75, 3.05) is 19.6 Å². The molecule has 5 heteroatoms. The van der Waals surface area contributed by atoms with Gasteiger partial charge in [-0.1, -0.05) is 31.2 Å². The molecule has 3 rings (SSSR count). The molecule has 1 aromatic carbocycles. The Kier molecular flexibility index (Phi) is 5.00. The molecule has 0 aliphatic carbocycles. The number of piperazine rings is 1. The SMILES string of the molecule is CCc1ccc(C(C)C(=O)N2CCNCC2c2nccn2C)cc1. The summed E-state index contributed by atoms with van der Waals surface area (Å²) in [4.78, 5) is 19.6. The van der Waals surface area contributed by atoms with Crippen LogP contribution in [0.25, 0.3) is 0 Å². The van der Waals surface area contributed by atoms with Crippen molar-refractivity contribution in [3.63, 3.8) is 0 Å². The highest BCUT2D eigenvalue weighted by Gasteiger charge is 2.33. The first kappa shape index (κ1) is 16.7. The molecule has 1 saturated heterocycles. The van der Waals surface area contributed by atoms with Crippen molar-refractivity contribution < 1.29 is 4.79 Å². The number of nitrogens with zero attached hydrogens (tertiary/aromatic N) is 3. The fourth-order valence-corrected chi connectivity index (χ4v) is 3.33. The first-order valence-electron chi connectivity index (χ1n) is 8.69. The van der Waals surface area contributed by atoms with E-state index < -0.39 is 0 Å². The van der Waals surface area contributed by atoms with E-state index in [2.05, 4.69) is 41.5 Å². The van der Waals surface area contributed by atoms with E-state index in [9.17, 15) is 4.79 Å². The number of hydrogen-bond donors (Lipinski definition) is 1. The van der Waals surface area contributed by atoms with Crippen LogP contribution in [-0.4, -0.2) is 40.0 Å². The number of amides is 1. The van der Waals surface area contributed by atoms with Crippen molar-refractivity contribution in [3.05, 3.63) is 53.6 Å². The van der Waals surface area contributed by atoms with Gasteiger partial charge in [-0.3, -0.25) is 4.79 Å². The molecule has 1 N–H and O–H groups in total. The Morgan fingerprint density at radius 1 is 1.38 bits per heavy atom. The maximum absolute atomic E-state index is 13.1. The number of carbonyl (C=O) groups excluding carboxylic acids is 1. The van der Waals surface area contributed by atoms with E-state index in [4.69, 9.17) is 0 Å². The lowest BCUT2D eigenvalue weighted by atomic mass is 9.96. The molecule has 5 nitrogen and oxygen atoms in total. The van der Waals surface area contributed by atoms with E-state index >= 15 is 0 Å². The normalized spacial score (nSPS) is 19.3. The van der Waals surface area contributed by atoms with Gasteiger partial charge in [0.2, 0.25) is 5.91 Å². The predicted molar refractivity (Wildman–Crippen MR) is 94.8 cm³/mol. The summed E-state index contributed by atoms with van der Waals surface area (Å²) in [6.45, 7) is 6.43. The number of aryl methyl sites for hydroxylation is 2. The van der Waals surface area contributed by atoms with Crippen LogP contribution >= 0.6 is 0 Å². The van der Waals surface area contributed by atoms with Crippen LogP contribution in [0.1, 0.15) is 42.8 Å². The fourth-order valence-electron chi connectivity index (χ4n) is 3.33. The molecule has 1 amide bonds. The Labute approximate surface area is 143 Å². The Morgan fingerprint density at radius 2 is 2.12 bits per heavy atom. The van der Waals surface area contributed by atoms with Gasteiger partial charge in [-0.25, -0.2) is 4.98 Å². The van der Waals surface area contributed by atoms with Crippen molar-refractivity contribution in [1.82, 2.24) is 19.8 Å². The van der Waals surface area contributed by atoms with Gasteiger partial charge in [0.05, 0.1) is 5.92 Å². The van der Waals surface area contributed by atoms with Gasteiger partial charge in [0.15, 0.2) is 0 Å². The molecular formula is C19H26N4O. The maximum atomic E-state index is 13.1. The summed E-state index contributed by atoms with van der Waals surface area (Å²) < 4.78 is 2.00. The third-order valence-electron chi connectivity index (χ3n) is 4.94. The van der Waals surface area contributed by atoms with Crippen LogP contribution in [0.15, 0.2) is 36.7 Å². The minimum Gasteiger partial charge on any atom is -0.336 e. The van der Waals surface area contributed by atoms with Crippen LogP contribution in [0.3, 0.4) is 0 Å². The number of imidazole rings is 1. The van der Waals surface area contributed by atoms with Crippen LogP contribution in [0.5, 0.6) is 0 Å². The first-order valence-corrected chi connectivity index (χ1v) is 8.69. The lowest BCUT2D eigenvalue weighted by Crippen LogP contribution is -2.50. The van der Waals surface area contributed by atoms with Gasteiger partial charge in [-0.15, -0.1) is 0 Å². The summed E-state index contributed by atoms with van der Waals surface area (Å²) in [5.74, 6) is 0.967. The molecule has 1 aromatic heterocycles. The van der Waals surface area contributed by atoms with Gasteiger partial charge < -0.3 is 14.8 Å². The summed E-state index contributed by atoms with van der Waals surface area (Å²) in [6, 6.07) is 8.39. The third kappa shape index (κ3) is 3.22. The molecule has 2 aromatic rings. The largest absolute Gasteiger partial charge is 0.336 e. The zero-order chi connectivity index (χ0) is 17.1. The van der Waals surface area contributed by atoms with Crippen molar-refractivity contribution in [2.45, 2.75) is 32.2 Å². The summed E-state index contributed by atoms with van der Waals surface area (Å²) in [7, 11) is 1.98. The summed E-state index contributed by atoms with van der Waals surface area (Å²) in [5.41, 5.74) is 2.38. The van der Waals surface area contributed by atoms with Gasteiger partial charge in [0.25, 0.3) is 0 Å². The minimum absolute atomic E-state index is 0.0105. The van der Waals surface area contributed by atoms with E-state index in [1.165, 1.54) is 5.56 Å². The van der Waals surface area contributed by atoms with Crippen LogP contribution in [0, 0.1) is 0 Å². The average Bonchev–Trinajstić information content (AvgIpc) is 3.06. The molecule has 0 saturated carbocycles. The Balaban J connectivity index is 1.81. The molecule has 2 unspecified atom stereocenters. The van der Waals surface area contributed by atoms with E-state index in [0.29, 0.717) is 6.54 Å². The highest BCUT2D eigenvalue weighted by Crippen LogP contribution is 2.26. The van der Waals surface area contributed by atoms with E-state index in [0.717, 1.165) is 30.9 Å². The summed E-state index contributed by atoms with van der Waals surface area (Å²) in [5, 5.41) is 3.38. The van der Waals surface area contributed by atoms with Gasteiger partial charge in [-0.05, 0) is 24.5 Å². The van der Waals surface area contributed by atoms with Crippen molar-refractivity contribution in [1.29, 1.82) is 0 Å². The predicted octanol–water partition coefficient (Wildman–Crippen LogP) is 2.26. The molecule has 0 spiro atoms. The Bertz CT molecular complexity index is 692. The van der Waals surface area contributed by atoms with E-state index in [-0.39, 0.29) is 17.9 Å². The van der Waals surface area contributed by atoms with Crippen LogP contribution in [0.4, 0.5) is 0 Å². The van der Waals surface area contributed by atoms with Crippen molar-refractivity contribution in [2.24, 2.45) is 7.05 Å². The number of hydrogen-bond acceptors (Lipinski definition) is 3. The summed E-state index contributed by atoms with van der Waals surface area (Å²) >= 11 is 0. The number of nitrogens with one attached hydrogen (secondary N) is 1. The van der Waals surface area contributed by atoms with E-state index in [1.54, 1.807) is 6.20 Å². The number of carbonyl (C=O) groups is 1. The van der Waals surface area contributed by atoms with Gasteiger partial charge in [-0.2, -0.15) is 0 Å². The monoisotopic (exact) mass is 326 g/mol. The second-order valence-corrected chi connectivity index (χ2v) is 6.46. The lowest BCUT2D eigenvalue weighted by Gasteiger charge is -2.37. The van der Waals surface area contributed by atoms with Crippen molar-refractivity contribution in [3.8, 4) is 0 Å². The molecule has 1 aliphatic rings. The molecule has 2 heterocycles. The standard InChI is InChI=1S/C19H26N4O/c1-4-15-5-7-16(8-6-15)14(2)19(24)23-12-9-20-13-17(23)18-21-10-11-22(18)3/h5-8,10-11,14,17,20H,4,9,12-13H2,1-3H3. The van der Waals surface area contributed by atoms with Gasteiger partial charge >= 0.3 is 0 Å². The molecule has 24 heavy (non-hydrogen) atoms. The summed E-state index contributed by atoms with van der Waals surface area (Å²) in [6.07, 6.45) is 4.74. The van der Waals surface area contributed by atoms with Crippen LogP contribution in [-0.2, 0) is 18.3 Å². The quantitative estimate of drug-likeness (QED) is 0.937. The number of rotatable bonds is 4. The molecular weight excluding hydrogens is 300 g/mol. The third-order valence-corrected chi connectivity index (χ3v) is 4.94. The first-order chi connectivity index (χ1) is 11.6. The topological polar surface area (TPSA) is 50.2 Å². The maximum Gasteiger partial charge on any atom is 0.230 e. The second kappa shape index (κ2) is 7.18. The fraction of sp³-hybridized carbons (Fsp3) is 0.474. The molecule has 1 fully saturated rings. The van der Waals surface area contributed by atoms with E-state index in [1.807, 2.05) is 29.6 Å². The van der Waals surface area contributed by atoms with Crippen LogP contribution < -0.4 is 5.32 Å². The van der Waals surface area contributed by atoms with Crippen LogP contribution in [0.2, 0.25) is 0 Å². The van der Waals surface area contributed by atoms with Gasteiger partial charge in [0.1, 0.15) is 11.9 Å². The Hall–Kier alpha value is -2.14. The molecule has 128 valence electrons. The molecule has 0 radical (unpaired) electrons. The highest BCUT2D eigenvalue weighted by molar-refractivity contribution is 5.83. The Morgan fingerprint density at radius 3 is 2.75 bits per heavy atom. The molecule has 1 aliphatic heterocycles. The smallest absolute Gasteiger partial charge is 0.230 e. The number of benzene rings is 1. The average molecular weight is 326 g/mol. The minimum atomic E-state index is -0.142. The highest BCUT2D eigenvalue weighted by atomic mass is 16.2. The zero-order valence-corrected chi connectivity index (χ0v) is 14.7. The van der Waals surface area contributed by atoms with Gasteiger partial charge in [0, 0.05) is 39.1 Å². The number of aromatic nitrogens is 2. The van der Waals surface area contributed by atoms with Crippen molar-refractivity contribution >= 4 is 5.91 Å². The zero-order valence-electron chi connectivity index (χ0n) is 14.7. The lowest BCUT2D eigenvalue weighted by molar-refractivity contribution is -0.136. The second-order valence-electron chi connectivity index (χ2n) is 6.46.